The molecule has 1 aliphatic heterocycles. The summed E-state index contributed by atoms with van der Waals surface area (Å²) in [5.41, 5.74) is 2.68. The van der Waals surface area contributed by atoms with Crippen LogP contribution in [0.2, 0.25) is 0 Å². The van der Waals surface area contributed by atoms with Crippen LogP contribution in [-0.4, -0.2) is 56.3 Å². The molecular weight excluding hydrogens is 328 g/mol. The van der Waals surface area contributed by atoms with Crippen LogP contribution in [0.15, 0.2) is 18.2 Å². The number of hydrogen-bond donors (Lipinski definition) is 1. The van der Waals surface area contributed by atoms with Crippen LogP contribution in [0.1, 0.15) is 34.3 Å². The van der Waals surface area contributed by atoms with Crippen molar-refractivity contribution in [3.05, 3.63) is 34.9 Å². The Kier molecular flexibility index (Phi) is 5.64. The van der Waals surface area contributed by atoms with Crippen molar-refractivity contribution in [3.8, 4) is 0 Å². The summed E-state index contributed by atoms with van der Waals surface area (Å²) in [5, 5.41) is 1.78. The minimum absolute atomic E-state index is 0.0605. The highest BCUT2D eigenvalue weighted by Crippen LogP contribution is 2.21. The molecular formula is C17H24N2O4S. The fourth-order valence-corrected chi connectivity index (χ4v) is 4.69. The molecule has 0 radical (unpaired) electrons. The van der Waals surface area contributed by atoms with E-state index in [1.807, 2.05) is 32.0 Å². The van der Waals surface area contributed by atoms with Gasteiger partial charge in [0.2, 0.25) is 5.91 Å². The van der Waals surface area contributed by atoms with Crippen molar-refractivity contribution >= 4 is 21.7 Å². The van der Waals surface area contributed by atoms with Crippen LogP contribution in [0.25, 0.3) is 0 Å². The molecule has 1 aliphatic rings. The SMILES string of the molecule is CNC(=O)CS(=O)(=O)C1CCN(C(=O)c2ccc(C)cc2C)CC1. The molecule has 132 valence electrons. The number of piperidine rings is 1. The molecule has 0 unspecified atom stereocenters. The Morgan fingerprint density at radius 3 is 2.38 bits per heavy atom. The van der Waals surface area contributed by atoms with Crippen molar-refractivity contribution in [2.45, 2.75) is 31.9 Å². The summed E-state index contributed by atoms with van der Waals surface area (Å²) in [6.07, 6.45) is 0.742. The minimum atomic E-state index is -3.47. The zero-order valence-electron chi connectivity index (χ0n) is 14.3. The Balaban J connectivity index is 2.02. The summed E-state index contributed by atoms with van der Waals surface area (Å²) in [5.74, 6) is -1.04. The molecule has 1 aromatic carbocycles. The Hall–Kier alpha value is -1.89. The van der Waals surface area contributed by atoms with E-state index in [0.717, 1.165) is 11.1 Å². The summed E-state index contributed by atoms with van der Waals surface area (Å²) >= 11 is 0. The molecule has 1 saturated heterocycles. The second-order valence-corrected chi connectivity index (χ2v) is 8.57. The fraction of sp³-hybridized carbons (Fsp3) is 0.529. The number of aryl methyl sites for hydroxylation is 2. The van der Waals surface area contributed by atoms with E-state index in [0.29, 0.717) is 31.5 Å². The fourth-order valence-electron chi connectivity index (χ4n) is 3.01. The number of carbonyl (C=O) groups excluding carboxylic acids is 2. The molecule has 0 atom stereocenters. The molecule has 1 aromatic rings. The Morgan fingerprint density at radius 2 is 1.83 bits per heavy atom. The third kappa shape index (κ3) is 4.14. The van der Waals surface area contributed by atoms with Gasteiger partial charge in [0.15, 0.2) is 9.84 Å². The van der Waals surface area contributed by atoms with E-state index in [1.165, 1.54) is 7.05 Å². The summed E-state index contributed by atoms with van der Waals surface area (Å²) in [6.45, 7) is 4.67. The van der Waals surface area contributed by atoms with Crippen molar-refractivity contribution in [2.75, 3.05) is 25.9 Å². The molecule has 7 heteroatoms. The van der Waals surface area contributed by atoms with E-state index in [9.17, 15) is 18.0 Å². The third-order valence-corrected chi connectivity index (χ3v) is 6.61. The zero-order valence-corrected chi connectivity index (χ0v) is 15.1. The molecule has 1 fully saturated rings. The number of nitrogens with zero attached hydrogens (tertiary/aromatic N) is 1. The lowest BCUT2D eigenvalue weighted by atomic mass is 10.0. The van der Waals surface area contributed by atoms with Crippen LogP contribution in [0.5, 0.6) is 0 Å². The molecule has 1 heterocycles. The molecule has 0 saturated carbocycles. The van der Waals surface area contributed by atoms with Crippen LogP contribution in [0.4, 0.5) is 0 Å². The number of likely N-dealkylation sites (tertiary alicyclic amines) is 1. The Morgan fingerprint density at radius 1 is 1.21 bits per heavy atom. The zero-order chi connectivity index (χ0) is 17.9. The van der Waals surface area contributed by atoms with E-state index in [4.69, 9.17) is 0 Å². The Labute approximate surface area is 143 Å². The standard InChI is InChI=1S/C17H24N2O4S/c1-12-4-5-15(13(2)10-12)17(21)19-8-6-14(7-9-19)24(22,23)11-16(20)18-3/h4-5,10,14H,6-9,11H2,1-3H3,(H,18,20). The van der Waals surface area contributed by atoms with Crippen molar-refractivity contribution in [3.63, 3.8) is 0 Å². The van der Waals surface area contributed by atoms with Gasteiger partial charge in [-0.3, -0.25) is 9.59 Å². The number of hydrogen-bond acceptors (Lipinski definition) is 4. The molecule has 6 nitrogen and oxygen atoms in total. The number of nitrogens with one attached hydrogen (secondary N) is 1. The maximum atomic E-state index is 12.6. The lowest BCUT2D eigenvalue weighted by Crippen LogP contribution is -2.44. The number of rotatable bonds is 4. The summed E-state index contributed by atoms with van der Waals surface area (Å²) in [6, 6.07) is 5.69. The average Bonchev–Trinajstić information content (AvgIpc) is 2.54. The lowest BCUT2D eigenvalue weighted by Gasteiger charge is -2.32. The second kappa shape index (κ2) is 7.34. The average molecular weight is 352 g/mol. The highest BCUT2D eigenvalue weighted by molar-refractivity contribution is 7.92. The third-order valence-electron chi connectivity index (χ3n) is 4.46. The normalized spacial score (nSPS) is 16.0. The number of sulfone groups is 1. The van der Waals surface area contributed by atoms with E-state index in [2.05, 4.69) is 5.32 Å². The van der Waals surface area contributed by atoms with E-state index in [-0.39, 0.29) is 5.91 Å². The van der Waals surface area contributed by atoms with Crippen LogP contribution < -0.4 is 5.32 Å². The molecule has 0 spiro atoms. The van der Waals surface area contributed by atoms with Crippen molar-refractivity contribution in [1.29, 1.82) is 0 Å². The van der Waals surface area contributed by atoms with Gasteiger partial charge in [-0.2, -0.15) is 0 Å². The largest absolute Gasteiger partial charge is 0.358 e. The van der Waals surface area contributed by atoms with E-state index in [1.54, 1.807) is 4.90 Å². The van der Waals surface area contributed by atoms with Crippen molar-refractivity contribution in [1.82, 2.24) is 10.2 Å². The number of benzene rings is 1. The monoisotopic (exact) mass is 352 g/mol. The molecule has 0 aromatic heterocycles. The molecule has 24 heavy (non-hydrogen) atoms. The topological polar surface area (TPSA) is 83.6 Å². The predicted molar refractivity (Wildman–Crippen MR) is 92.7 cm³/mol. The summed E-state index contributed by atoms with van der Waals surface area (Å²) in [4.78, 5) is 25.7. The first kappa shape index (κ1) is 18.4. The van der Waals surface area contributed by atoms with Crippen LogP contribution in [-0.2, 0) is 14.6 Å². The maximum Gasteiger partial charge on any atom is 0.254 e. The molecule has 2 rings (SSSR count). The van der Waals surface area contributed by atoms with Crippen LogP contribution in [0.3, 0.4) is 0 Å². The van der Waals surface area contributed by atoms with Gasteiger partial charge in [0.05, 0.1) is 5.25 Å². The molecule has 2 amide bonds. The minimum Gasteiger partial charge on any atom is -0.358 e. The van der Waals surface area contributed by atoms with Gasteiger partial charge in [0, 0.05) is 25.7 Å². The first-order valence-corrected chi connectivity index (χ1v) is 9.75. The highest BCUT2D eigenvalue weighted by Gasteiger charge is 2.33. The molecule has 0 aliphatic carbocycles. The van der Waals surface area contributed by atoms with Crippen molar-refractivity contribution < 1.29 is 18.0 Å². The number of amides is 2. The van der Waals surface area contributed by atoms with Gasteiger partial charge in [-0.1, -0.05) is 17.7 Å². The van der Waals surface area contributed by atoms with Gasteiger partial charge in [-0.25, -0.2) is 8.42 Å². The lowest BCUT2D eigenvalue weighted by molar-refractivity contribution is -0.118. The van der Waals surface area contributed by atoms with Crippen LogP contribution in [0, 0.1) is 13.8 Å². The highest BCUT2D eigenvalue weighted by atomic mass is 32.2. The van der Waals surface area contributed by atoms with Gasteiger partial charge in [-0.05, 0) is 38.3 Å². The van der Waals surface area contributed by atoms with Gasteiger partial charge < -0.3 is 10.2 Å². The van der Waals surface area contributed by atoms with Gasteiger partial charge in [-0.15, -0.1) is 0 Å². The predicted octanol–water partition coefficient (Wildman–Crippen LogP) is 1.07. The van der Waals surface area contributed by atoms with Gasteiger partial charge in [0.1, 0.15) is 5.75 Å². The Bertz CT molecular complexity index is 735. The summed E-state index contributed by atoms with van der Waals surface area (Å²) < 4.78 is 24.5. The number of carbonyl (C=O) groups is 2. The van der Waals surface area contributed by atoms with Crippen molar-refractivity contribution in [2.24, 2.45) is 0 Å². The summed E-state index contributed by atoms with van der Waals surface area (Å²) in [7, 11) is -2.05. The first-order valence-electron chi connectivity index (χ1n) is 8.03. The smallest absolute Gasteiger partial charge is 0.254 e. The second-order valence-electron chi connectivity index (χ2n) is 6.29. The maximum absolute atomic E-state index is 12.6. The van der Waals surface area contributed by atoms with Crippen LogP contribution >= 0.6 is 0 Å². The molecule has 1 N–H and O–H groups in total. The van der Waals surface area contributed by atoms with Gasteiger partial charge in [0.25, 0.3) is 5.91 Å². The quantitative estimate of drug-likeness (QED) is 0.878. The van der Waals surface area contributed by atoms with E-state index >= 15 is 0 Å². The first-order chi connectivity index (χ1) is 11.2. The van der Waals surface area contributed by atoms with E-state index < -0.39 is 26.7 Å². The molecule has 0 bridgehead atoms. The van der Waals surface area contributed by atoms with Gasteiger partial charge >= 0.3 is 0 Å².